The molecule has 13 heavy (non-hydrogen) atoms. The van der Waals surface area contributed by atoms with Crippen LogP contribution in [0.15, 0.2) is 18.2 Å². The molecule has 0 saturated carbocycles. The summed E-state index contributed by atoms with van der Waals surface area (Å²) >= 11 is 17.8. The van der Waals surface area contributed by atoms with E-state index in [2.05, 4.69) is 0 Å². The van der Waals surface area contributed by atoms with Crippen molar-refractivity contribution in [1.82, 2.24) is 0 Å². The van der Waals surface area contributed by atoms with Gasteiger partial charge < -0.3 is 0 Å². The van der Waals surface area contributed by atoms with Gasteiger partial charge in [-0.2, -0.15) is 0 Å². The van der Waals surface area contributed by atoms with E-state index in [9.17, 15) is 0 Å². The lowest BCUT2D eigenvalue weighted by atomic mass is 9.98. The molecule has 0 saturated heterocycles. The van der Waals surface area contributed by atoms with Crippen LogP contribution in [0.25, 0.3) is 0 Å². The van der Waals surface area contributed by atoms with E-state index >= 15 is 0 Å². The first-order valence-corrected chi connectivity index (χ1v) is 5.30. The summed E-state index contributed by atoms with van der Waals surface area (Å²) in [7, 11) is 0. The fourth-order valence-corrected chi connectivity index (χ4v) is 1.83. The summed E-state index contributed by atoms with van der Waals surface area (Å²) in [6, 6.07) is 5.50. The van der Waals surface area contributed by atoms with E-state index in [-0.39, 0.29) is 11.3 Å². The molecule has 0 amide bonds. The molecule has 2 atom stereocenters. The van der Waals surface area contributed by atoms with Gasteiger partial charge in [-0.25, -0.2) is 0 Å². The van der Waals surface area contributed by atoms with Crippen LogP contribution in [0.2, 0.25) is 10.0 Å². The van der Waals surface area contributed by atoms with Crippen molar-refractivity contribution in [3.63, 3.8) is 0 Å². The second kappa shape index (κ2) is 4.54. The van der Waals surface area contributed by atoms with Crippen molar-refractivity contribution in [1.29, 1.82) is 0 Å². The molecule has 3 heteroatoms. The highest BCUT2D eigenvalue weighted by molar-refractivity contribution is 6.35. The molecule has 72 valence electrons. The van der Waals surface area contributed by atoms with Crippen LogP contribution >= 0.6 is 34.8 Å². The lowest BCUT2D eigenvalue weighted by Gasteiger charge is -2.15. The van der Waals surface area contributed by atoms with Crippen LogP contribution in [0.1, 0.15) is 25.3 Å². The highest BCUT2D eigenvalue weighted by Crippen LogP contribution is 2.30. The molecule has 0 aromatic heterocycles. The molecule has 0 N–H and O–H groups in total. The van der Waals surface area contributed by atoms with Crippen LogP contribution in [0, 0.1) is 0 Å². The number of hydrogen-bond donors (Lipinski definition) is 0. The maximum atomic E-state index is 6.03. The van der Waals surface area contributed by atoms with Crippen molar-refractivity contribution in [3.8, 4) is 0 Å². The Kier molecular flexibility index (Phi) is 3.90. The van der Waals surface area contributed by atoms with Crippen LogP contribution in [0.4, 0.5) is 0 Å². The second-order valence-corrected chi connectivity index (χ2v) is 4.66. The predicted molar refractivity (Wildman–Crippen MR) is 60.2 cm³/mol. The van der Waals surface area contributed by atoms with Gasteiger partial charge in [-0.05, 0) is 30.5 Å². The topological polar surface area (TPSA) is 0 Å². The third-order valence-electron chi connectivity index (χ3n) is 2.14. The highest BCUT2D eigenvalue weighted by atomic mass is 35.5. The molecule has 1 rings (SSSR count). The molecule has 1 aromatic rings. The molecule has 0 aliphatic rings. The van der Waals surface area contributed by atoms with Crippen molar-refractivity contribution in [2.45, 2.75) is 25.1 Å². The van der Waals surface area contributed by atoms with Gasteiger partial charge >= 0.3 is 0 Å². The first-order valence-electron chi connectivity index (χ1n) is 4.11. The summed E-state index contributed by atoms with van der Waals surface area (Å²) in [5, 5.41) is 1.41. The van der Waals surface area contributed by atoms with Crippen molar-refractivity contribution in [2.75, 3.05) is 0 Å². The molecule has 2 unspecified atom stereocenters. The second-order valence-electron chi connectivity index (χ2n) is 3.13. The van der Waals surface area contributed by atoms with Gasteiger partial charge in [0, 0.05) is 15.4 Å². The number of alkyl halides is 1. The van der Waals surface area contributed by atoms with Gasteiger partial charge in [0.25, 0.3) is 0 Å². The third-order valence-corrected chi connectivity index (χ3v) is 3.08. The zero-order valence-corrected chi connectivity index (χ0v) is 9.79. The van der Waals surface area contributed by atoms with Crippen LogP contribution in [0.5, 0.6) is 0 Å². The normalized spacial score (nSPS) is 15.5. The summed E-state index contributed by atoms with van der Waals surface area (Å²) in [6.07, 6.45) is 0. The van der Waals surface area contributed by atoms with Gasteiger partial charge in [0.05, 0.1) is 0 Å². The predicted octanol–water partition coefficient (Wildman–Crippen LogP) is 4.72. The third kappa shape index (κ3) is 2.77. The first kappa shape index (κ1) is 11.2. The molecular weight excluding hydrogens is 226 g/mol. The highest BCUT2D eigenvalue weighted by Gasteiger charge is 2.14. The van der Waals surface area contributed by atoms with Gasteiger partial charge in [0.2, 0.25) is 0 Å². The van der Waals surface area contributed by atoms with Crippen LogP contribution in [0.3, 0.4) is 0 Å². The van der Waals surface area contributed by atoms with Gasteiger partial charge in [-0.3, -0.25) is 0 Å². The van der Waals surface area contributed by atoms with E-state index in [0.29, 0.717) is 10.0 Å². The smallest absolute Gasteiger partial charge is 0.0456 e. The molecule has 0 heterocycles. The summed E-state index contributed by atoms with van der Waals surface area (Å²) in [6.45, 7) is 4.00. The zero-order valence-electron chi connectivity index (χ0n) is 7.52. The minimum absolute atomic E-state index is 0.0682. The number of hydrogen-bond acceptors (Lipinski definition) is 0. The molecule has 1 aromatic carbocycles. The molecule has 0 bridgehead atoms. The molecule has 0 nitrogen and oxygen atoms in total. The molecular formula is C10H11Cl3. The molecule has 0 radical (unpaired) electrons. The Labute approximate surface area is 93.8 Å². The van der Waals surface area contributed by atoms with Crippen LogP contribution < -0.4 is 0 Å². The lowest BCUT2D eigenvalue weighted by molar-refractivity contribution is 0.743. The summed E-state index contributed by atoms with van der Waals surface area (Å²) < 4.78 is 0. The number of rotatable bonds is 2. The van der Waals surface area contributed by atoms with Gasteiger partial charge in [0.1, 0.15) is 0 Å². The Morgan fingerprint density at radius 1 is 1.15 bits per heavy atom. The maximum Gasteiger partial charge on any atom is 0.0456 e. The average Bonchev–Trinajstić information content (AvgIpc) is 2.03. The fourth-order valence-electron chi connectivity index (χ4n) is 1.12. The van der Waals surface area contributed by atoms with E-state index in [0.717, 1.165) is 5.56 Å². The van der Waals surface area contributed by atoms with E-state index in [1.54, 1.807) is 6.07 Å². The Hall–Kier alpha value is 0.0900. The quantitative estimate of drug-likeness (QED) is 0.653. The van der Waals surface area contributed by atoms with Crippen molar-refractivity contribution >= 4 is 34.8 Å². The number of halogens is 3. The monoisotopic (exact) mass is 236 g/mol. The Morgan fingerprint density at radius 3 is 2.23 bits per heavy atom. The SMILES string of the molecule is CC(Cl)C(C)c1ccc(Cl)cc1Cl. The van der Waals surface area contributed by atoms with Crippen molar-refractivity contribution in [3.05, 3.63) is 33.8 Å². The molecule has 0 aliphatic heterocycles. The Bertz CT molecular complexity index is 294. The Balaban J connectivity index is 3.01. The number of benzene rings is 1. The first-order chi connectivity index (χ1) is 6.02. The molecule has 0 fully saturated rings. The lowest BCUT2D eigenvalue weighted by Crippen LogP contribution is -2.05. The van der Waals surface area contributed by atoms with E-state index < -0.39 is 0 Å². The van der Waals surface area contributed by atoms with Gasteiger partial charge in [-0.1, -0.05) is 36.2 Å². The summed E-state index contributed by atoms with van der Waals surface area (Å²) in [5.41, 5.74) is 1.05. The van der Waals surface area contributed by atoms with Crippen LogP contribution in [-0.2, 0) is 0 Å². The molecule has 0 aliphatic carbocycles. The van der Waals surface area contributed by atoms with E-state index in [1.807, 2.05) is 26.0 Å². The van der Waals surface area contributed by atoms with Gasteiger partial charge in [0.15, 0.2) is 0 Å². The fraction of sp³-hybridized carbons (Fsp3) is 0.400. The van der Waals surface area contributed by atoms with Crippen LogP contribution in [-0.4, -0.2) is 5.38 Å². The van der Waals surface area contributed by atoms with E-state index in [4.69, 9.17) is 34.8 Å². The average molecular weight is 238 g/mol. The van der Waals surface area contributed by atoms with E-state index in [1.165, 1.54) is 0 Å². The minimum atomic E-state index is 0.0682. The van der Waals surface area contributed by atoms with Crippen molar-refractivity contribution < 1.29 is 0 Å². The largest absolute Gasteiger partial charge is 0.123 e. The van der Waals surface area contributed by atoms with Gasteiger partial charge in [-0.15, -0.1) is 11.6 Å². The standard InChI is InChI=1S/C10H11Cl3/c1-6(7(2)11)9-4-3-8(12)5-10(9)13/h3-7H,1-2H3. The summed E-state index contributed by atoms with van der Waals surface area (Å²) in [4.78, 5) is 0. The molecule has 0 spiro atoms. The summed E-state index contributed by atoms with van der Waals surface area (Å²) in [5.74, 6) is 0.242. The maximum absolute atomic E-state index is 6.03. The zero-order chi connectivity index (χ0) is 10.0. The Morgan fingerprint density at radius 2 is 1.77 bits per heavy atom. The minimum Gasteiger partial charge on any atom is -0.123 e. The van der Waals surface area contributed by atoms with Crippen molar-refractivity contribution in [2.24, 2.45) is 0 Å².